The molecule has 1 fully saturated rings. The van der Waals surface area contributed by atoms with Crippen LogP contribution in [0.5, 0.6) is 11.5 Å². The van der Waals surface area contributed by atoms with Gasteiger partial charge in [-0.2, -0.15) is 0 Å². The number of carbonyl (C=O) groups is 2. The summed E-state index contributed by atoms with van der Waals surface area (Å²) >= 11 is 1.62. The fourth-order valence-electron chi connectivity index (χ4n) is 3.12. The van der Waals surface area contributed by atoms with Crippen LogP contribution >= 0.6 is 11.8 Å². The largest absolute Gasteiger partial charge is 0.496 e. The van der Waals surface area contributed by atoms with Gasteiger partial charge >= 0.3 is 0 Å². The summed E-state index contributed by atoms with van der Waals surface area (Å²) in [6, 6.07) is 15.1. The number of rotatable bonds is 8. The predicted molar refractivity (Wildman–Crippen MR) is 111 cm³/mol. The molecule has 0 bridgehead atoms. The standard InChI is InChI=1S/C21H24N2O4S/c1-15(24)22-16-7-5-8-17(13-16)27-12-6-11-23-20(25)14-28-21(23)18-9-3-4-10-19(18)26-2/h3-5,7-10,13,21H,6,11-12,14H2,1-2H3,(H,22,24). The maximum atomic E-state index is 12.4. The van der Waals surface area contributed by atoms with E-state index in [-0.39, 0.29) is 17.2 Å². The van der Waals surface area contributed by atoms with Gasteiger partial charge in [0.25, 0.3) is 0 Å². The van der Waals surface area contributed by atoms with Crippen molar-refractivity contribution in [2.75, 3.05) is 31.3 Å². The highest BCUT2D eigenvalue weighted by Gasteiger charge is 2.33. The van der Waals surface area contributed by atoms with E-state index in [0.29, 0.717) is 36.8 Å². The minimum atomic E-state index is -0.121. The van der Waals surface area contributed by atoms with Crippen molar-refractivity contribution in [1.82, 2.24) is 4.90 Å². The van der Waals surface area contributed by atoms with Gasteiger partial charge in [-0.05, 0) is 24.6 Å². The number of para-hydroxylation sites is 1. The molecule has 1 unspecified atom stereocenters. The van der Waals surface area contributed by atoms with Crippen LogP contribution in [0.3, 0.4) is 0 Å². The van der Waals surface area contributed by atoms with E-state index in [1.54, 1.807) is 24.9 Å². The molecule has 0 spiro atoms. The lowest BCUT2D eigenvalue weighted by Crippen LogP contribution is -2.30. The molecule has 6 nitrogen and oxygen atoms in total. The average molecular weight is 401 g/mol. The Morgan fingerprint density at radius 1 is 1.25 bits per heavy atom. The highest BCUT2D eigenvalue weighted by Crippen LogP contribution is 2.42. The van der Waals surface area contributed by atoms with Crippen LogP contribution in [0.15, 0.2) is 48.5 Å². The normalized spacial score (nSPS) is 16.1. The molecule has 0 saturated carbocycles. The zero-order chi connectivity index (χ0) is 19.9. The molecule has 0 aliphatic carbocycles. The number of nitrogens with one attached hydrogen (secondary N) is 1. The third kappa shape index (κ3) is 4.98. The minimum Gasteiger partial charge on any atom is -0.496 e. The van der Waals surface area contributed by atoms with Crippen LogP contribution in [0.4, 0.5) is 5.69 Å². The van der Waals surface area contributed by atoms with Gasteiger partial charge in [-0.3, -0.25) is 9.59 Å². The number of hydrogen-bond acceptors (Lipinski definition) is 5. The molecular weight excluding hydrogens is 376 g/mol. The number of nitrogens with zero attached hydrogens (tertiary/aromatic N) is 1. The average Bonchev–Trinajstić information content (AvgIpc) is 3.05. The number of anilines is 1. The van der Waals surface area contributed by atoms with Gasteiger partial charge in [0.1, 0.15) is 16.9 Å². The van der Waals surface area contributed by atoms with Crippen LogP contribution in [0.25, 0.3) is 0 Å². The molecule has 0 radical (unpaired) electrons. The Hall–Kier alpha value is -2.67. The van der Waals surface area contributed by atoms with E-state index in [9.17, 15) is 9.59 Å². The predicted octanol–water partition coefficient (Wildman–Crippen LogP) is 3.70. The van der Waals surface area contributed by atoms with Crippen molar-refractivity contribution < 1.29 is 19.1 Å². The molecule has 3 rings (SSSR count). The number of carbonyl (C=O) groups excluding carboxylic acids is 2. The minimum absolute atomic E-state index is 0.0354. The highest BCUT2D eigenvalue weighted by molar-refractivity contribution is 8.00. The van der Waals surface area contributed by atoms with Crippen molar-refractivity contribution in [3.63, 3.8) is 0 Å². The van der Waals surface area contributed by atoms with Crippen LogP contribution in [0, 0.1) is 0 Å². The van der Waals surface area contributed by atoms with E-state index in [4.69, 9.17) is 9.47 Å². The first-order chi connectivity index (χ1) is 13.6. The SMILES string of the molecule is COc1ccccc1C1SCC(=O)N1CCCOc1cccc(NC(C)=O)c1. The van der Waals surface area contributed by atoms with Gasteiger partial charge in [0, 0.05) is 30.8 Å². The number of ether oxygens (including phenoxy) is 2. The van der Waals surface area contributed by atoms with Gasteiger partial charge in [0.15, 0.2) is 0 Å². The molecule has 0 aromatic heterocycles. The molecule has 1 atom stereocenters. The van der Waals surface area contributed by atoms with Crippen molar-refractivity contribution in [2.24, 2.45) is 0 Å². The van der Waals surface area contributed by atoms with Crippen LogP contribution in [-0.2, 0) is 9.59 Å². The molecule has 7 heteroatoms. The lowest BCUT2D eigenvalue weighted by molar-refractivity contribution is -0.128. The number of amides is 2. The Balaban J connectivity index is 1.56. The zero-order valence-corrected chi connectivity index (χ0v) is 16.8. The molecule has 2 aromatic rings. The second kappa shape index (κ2) is 9.50. The maximum Gasteiger partial charge on any atom is 0.233 e. The summed E-state index contributed by atoms with van der Waals surface area (Å²) in [5.74, 6) is 1.97. The zero-order valence-electron chi connectivity index (χ0n) is 16.0. The summed E-state index contributed by atoms with van der Waals surface area (Å²) in [6.07, 6.45) is 0.711. The lowest BCUT2D eigenvalue weighted by atomic mass is 10.1. The summed E-state index contributed by atoms with van der Waals surface area (Å²) in [7, 11) is 1.65. The highest BCUT2D eigenvalue weighted by atomic mass is 32.2. The van der Waals surface area contributed by atoms with Crippen molar-refractivity contribution in [1.29, 1.82) is 0 Å². The van der Waals surface area contributed by atoms with Gasteiger partial charge in [-0.25, -0.2) is 0 Å². The summed E-state index contributed by atoms with van der Waals surface area (Å²) in [4.78, 5) is 25.4. The monoisotopic (exact) mass is 400 g/mol. The number of thioether (sulfide) groups is 1. The Labute approximate surface area is 169 Å². The number of hydrogen-bond donors (Lipinski definition) is 1. The van der Waals surface area contributed by atoms with Gasteiger partial charge < -0.3 is 19.7 Å². The van der Waals surface area contributed by atoms with E-state index in [2.05, 4.69) is 5.32 Å². The van der Waals surface area contributed by atoms with Crippen molar-refractivity contribution >= 4 is 29.3 Å². The number of methoxy groups -OCH3 is 1. The summed E-state index contributed by atoms with van der Waals surface area (Å²) in [5.41, 5.74) is 1.72. The van der Waals surface area contributed by atoms with Gasteiger partial charge in [0.05, 0.1) is 19.5 Å². The lowest BCUT2D eigenvalue weighted by Gasteiger charge is -2.25. The van der Waals surface area contributed by atoms with E-state index in [1.807, 2.05) is 47.4 Å². The van der Waals surface area contributed by atoms with Crippen LogP contribution in [0.1, 0.15) is 24.3 Å². The number of benzene rings is 2. The van der Waals surface area contributed by atoms with Crippen molar-refractivity contribution in [3.05, 3.63) is 54.1 Å². The van der Waals surface area contributed by atoms with Gasteiger partial charge in [-0.1, -0.05) is 24.3 Å². The molecule has 2 aromatic carbocycles. The fourth-order valence-corrected chi connectivity index (χ4v) is 4.36. The van der Waals surface area contributed by atoms with Crippen LogP contribution < -0.4 is 14.8 Å². The molecule has 1 heterocycles. The van der Waals surface area contributed by atoms with Crippen LogP contribution in [-0.4, -0.2) is 42.7 Å². The first-order valence-corrected chi connectivity index (χ1v) is 10.2. The summed E-state index contributed by atoms with van der Waals surface area (Å²) < 4.78 is 11.2. The topological polar surface area (TPSA) is 67.9 Å². The fraction of sp³-hybridized carbons (Fsp3) is 0.333. The summed E-state index contributed by atoms with van der Waals surface area (Å²) in [6.45, 7) is 2.56. The molecule has 28 heavy (non-hydrogen) atoms. The van der Waals surface area contributed by atoms with Gasteiger partial charge in [-0.15, -0.1) is 11.8 Å². The van der Waals surface area contributed by atoms with Gasteiger partial charge in [0.2, 0.25) is 11.8 Å². The molecule has 1 N–H and O–H groups in total. The molecule has 2 amide bonds. The Kier molecular flexibility index (Phi) is 6.81. The molecule has 1 aliphatic rings. The Bertz CT molecular complexity index is 843. The van der Waals surface area contributed by atoms with Crippen molar-refractivity contribution in [2.45, 2.75) is 18.7 Å². The van der Waals surface area contributed by atoms with E-state index in [0.717, 1.165) is 11.3 Å². The first-order valence-electron chi connectivity index (χ1n) is 9.13. The smallest absolute Gasteiger partial charge is 0.233 e. The molecular formula is C21H24N2O4S. The molecule has 1 aliphatic heterocycles. The Morgan fingerprint density at radius 3 is 2.86 bits per heavy atom. The second-order valence-corrected chi connectivity index (χ2v) is 7.47. The third-order valence-corrected chi connectivity index (χ3v) is 5.58. The maximum absolute atomic E-state index is 12.4. The Morgan fingerprint density at radius 2 is 2.07 bits per heavy atom. The van der Waals surface area contributed by atoms with Crippen LogP contribution in [0.2, 0.25) is 0 Å². The van der Waals surface area contributed by atoms with E-state index < -0.39 is 0 Å². The third-order valence-electron chi connectivity index (χ3n) is 4.34. The molecule has 148 valence electrons. The first kappa shape index (κ1) is 20.1. The van der Waals surface area contributed by atoms with E-state index >= 15 is 0 Å². The van der Waals surface area contributed by atoms with E-state index in [1.165, 1.54) is 6.92 Å². The van der Waals surface area contributed by atoms with Crippen molar-refractivity contribution in [3.8, 4) is 11.5 Å². The quantitative estimate of drug-likeness (QED) is 0.685. The second-order valence-electron chi connectivity index (χ2n) is 6.40. The molecule has 1 saturated heterocycles. The summed E-state index contributed by atoms with van der Waals surface area (Å²) in [5, 5.41) is 2.70.